The fourth-order valence-electron chi connectivity index (χ4n) is 2.07. The number of sulfonamides is 1. The van der Waals surface area contributed by atoms with Crippen LogP contribution in [0.15, 0.2) is 23.1 Å². The summed E-state index contributed by atoms with van der Waals surface area (Å²) in [5, 5.41) is 0. The van der Waals surface area contributed by atoms with Gasteiger partial charge in [-0.3, -0.25) is 0 Å². The van der Waals surface area contributed by atoms with Crippen molar-refractivity contribution in [2.75, 3.05) is 6.54 Å². The minimum atomic E-state index is -3.44. The largest absolute Gasteiger partial charge is 0.326 e. The van der Waals surface area contributed by atoms with Gasteiger partial charge in [0.15, 0.2) is 0 Å². The van der Waals surface area contributed by atoms with Crippen LogP contribution >= 0.6 is 0 Å². The van der Waals surface area contributed by atoms with Crippen molar-refractivity contribution in [1.82, 2.24) is 4.72 Å². The molecular weight excluding hydrogens is 248 g/mol. The van der Waals surface area contributed by atoms with Crippen LogP contribution in [0.4, 0.5) is 0 Å². The summed E-state index contributed by atoms with van der Waals surface area (Å²) in [4.78, 5) is 0.322. The second-order valence-electron chi connectivity index (χ2n) is 5.18. The van der Waals surface area contributed by atoms with Crippen LogP contribution in [-0.2, 0) is 10.0 Å². The van der Waals surface area contributed by atoms with Crippen molar-refractivity contribution < 1.29 is 8.42 Å². The molecule has 0 amide bonds. The molecule has 0 heterocycles. The first kappa shape index (κ1) is 13.5. The first-order chi connectivity index (χ1) is 8.38. The van der Waals surface area contributed by atoms with E-state index in [1.54, 1.807) is 12.1 Å². The Balaban J connectivity index is 2.09. The second kappa shape index (κ2) is 4.99. The van der Waals surface area contributed by atoms with E-state index in [2.05, 4.69) is 4.72 Å². The molecule has 1 aliphatic rings. The SMILES string of the molecule is Cc1cc(C)cc(S(=O)(=O)NCC(N)C2CC2)c1. The summed E-state index contributed by atoms with van der Waals surface area (Å²) in [6, 6.07) is 5.25. The lowest BCUT2D eigenvalue weighted by atomic mass is 10.2. The van der Waals surface area contributed by atoms with Gasteiger partial charge in [0.25, 0.3) is 0 Å². The average Bonchev–Trinajstić information content (AvgIpc) is 3.08. The van der Waals surface area contributed by atoms with E-state index in [1.165, 1.54) is 0 Å². The van der Waals surface area contributed by atoms with Crippen LogP contribution in [0.5, 0.6) is 0 Å². The summed E-state index contributed by atoms with van der Waals surface area (Å²) in [6.07, 6.45) is 2.24. The third-order valence-corrected chi connectivity index (χ3v) is 4.65. The van der Waals surface area contributed by atoms with Gasteiger partial charge >= 0.3 is 0 Å². The standard InChI is InChI=1S/C13H20N2O2S/c1-9-5-10(2)7-12(6-9)18(16,17)15-8-13(14)11-3-4-11/h5-7,11,13,15H,3-4,8,14H2,1-2H3. The molecule has 1 aromatic carbocycles. The Hall–Kier alpha value is -0.910. The van der Waals surface area contributed by atoms with E-state index >= 15 is 0 Å². The molecule has 1 aromatic rings. The van der Waals surface area contributed by atoms with Crippen molar-refractivity contribution in [2.24, 2.45) is 11.7 Å². The molecule has 1 saturated carbocycles. The molecule has 1 aliphatic carbocycles. The molecule has 1 fully saturated rings. The van der Waals surface area contributed by atoms with Gasteiger partial charge < -0.3 is 5.73 Å². The minimum absolute atomic E-state index is 0.0642. The highest BCUT2D eigenvalue weighted by molar-refractivity contribution is 7.89. The van der Waals surface area contributed by atoms with Gasteiger partial charge in [-0.2, -0.15) is 0 Å². The lowest BCUT2D eigenvalue weighted by molar-refractivity contribution is 0.547. The molecule has 2 rings (SSSR count). The molecule has 1 unspecified atom stereocenters. The zero-order valence-corrected chi connectivity index (χ0v) is 11.6. The molecule has 3 N–H and O–H groups in total. The highest BCUT2D eigenvalue weighted by Crippen LogP contribution is 2.31. The van der Waals surface area contributed by atoms with Gasteiger partial charge in [-0.05, 0) is 55.9 Å². The van der Waals surface area contributed by atoms with Crippen molar-refractivity contribution in [3.8, 4) is 0 Å². The topological polar surface area (TPSA) is 72.2 Å². The number of nitrogens with one attached hydrogen (secondary N) is 1. The van der Waals surface area contributed by atoms with Gasteiger partial charge in [-0.1, -0.05) is 6.07 Å². The lowest BCUT2D eigenvalue weighted by Crippen LogP contribution is -2.38. The number of nitrogens with two attached hydrogens (primary N) is 1. The van der Waals surface area contributed by atoms with Gasteiger partial charge in [-0.25, -0.2) is 13.1 Å². The lowest BCUT2D eigenvalue weighted by Gasteiger charge is -2.12. The normalized spacial score (nSPS) is 17.7. The third-order valence-electron chi connectivity index (χ3n) is 3.24. The van der Waals surface area contributed by atoms with E-state index < -0.39 is 10.0 Å². The first-order valence-corrected chi connectivity index (χ1v) is 7.70. The maximum absolute atomic E-state index is 12.1. The van der Waals surface area contributed by atoms with Gasteiger partial charge in [-0.15, -0.1) is 0 Å². The molecule has 0 radical (unpaired) electrons. The highest BCUT2D eigenvalue weighted by Gasteiger charge is 2.29. The predicted octanol–water partition coefficient (Wildman–Crippen LogP) is 1.32. The maximum atomic E-state index is 12.1. The summed E-state index contributed by atoms with van der Waals surface area (Å²) in [7, 11) is -3.44. The Morgan fingerprint density at radius 1 is 1.28 bits per heavy atom. The van der Waals surface area contributed by atoms with Crippen molar-refractivity contribution >= 4 is 10.0 Å². The number of hydrogen-bond acceptors (Lipinski definition) is 3. The van der Waals surface area contributed by atoms with Gasteiger partial charge in [0.1, 0.15) is 0 Å². The molecule has 4 nitrogen and oxygen atoms in total. The fourth-order valence-corrected chi connectivity index (χ4v) is 3.33. The van der Waals surface area contributed by atoms with E-state index in [0.29, 0.717) is 17.4 Å². The molecule has 5 heteroatoms. The van der Waals surface area contributed by atoms with Crippen molar-refractivity contribution in [3.63, 3.8) is 0 Å². The average molecular weight is 268 g/mol. The quantitative estimate of drug-likeness (QED) is 0.846. The molecular formula is C13H20N2O2S. The van der Waals surface area contributed by atoms with Gasteiger partial charge in [0.2, 0.25) is 10.0 Å². The number of hydrogen-bond donors (Lipinski definition) is 2. The fraction of sp³-hybridized carbons (Fsp3) is 0.538. The van der Waals surface area contributed by atoms with Crippen LogP contribution in [0.2, 0.25) is 0 Å². The second-order valence-corrected chi connectivity index (χ2v) is 6.94. The van der Waals surface area contributed by atoms with E-state index in [9.17, 15) is 8.42 Å². The summed E-state index contributed by atoms with van der Waals surface area (Å²) < 4.78 is 26.8. The third kappa shape index (κ3) is 3.31. The Bertz CT molecular complexity index is 516. The summed E-state index contributed by atoms with van der Waals surface area (Å²) in [5.74, 6) is 0.493. The van der Waals surface area contributed by atoms with E-state index in [4.69, 9.17) is 5.73 Å². The Morgan fingerprint density at radius 2 is 1.83 bits per heavy atom. The maximum Gasteiger partial charge on any atom is 0.240 e. The van der Waals surface area contributed by atoms with Crippen LogP contribution in [0.3, 0.4) is 0 Å². The minimum Gasteiger partial charge on any atom is -0.326 e. The number of rotatable bonds is 5. The first-order valence-electron chi connectivity index (χ1n) is 6.22. The Morgan fingerprint density at radius 3 is 2.33 bits per heavy atom. The van der Waals surface area contributed by atoms with E-state index in [0.717, 1.165) is 24.0 Å². The van der Waals surface area contributed by atoms with Crippen molar-refractivity contribution in [2.45, 2.75) is 37.6 Å². The zero-order chi connectivity index (χ0) is 13.3. The van der Waals surface area contributed by atoms with Crippen LogP contribution in [0.25, 0.3) is 0 Å². The van der Waals surface area contributed by atoms with Crippen LogP contribution in [0, 0.1) is 19.8 Å². The Labute approximate surface area is 109 Å². The number of aryl methyl sites for hydroxylation is 2. The van der Waals surface area contributed by atoms with Crippen molar-refractivity contribution in [3.05, 3.63) is 29.3 Å². The smallest absolute Gasteiger partial charge is 0.240 e. The molecule has 1 atom stereocenters. The Kier molecular flexibility index (Phi) is 3.75. The highest BCUT2D eigenvalue weighted by atomic mass is 32.2. The van der Waals surface area contributed by atoms with Crippen LogP contribution in [-0.4, -0.2) is 21.0 Å². The summed E-state index contributed by atoms with van der Waals surface area (Å²) >= 11 is 0. The zero-order valence-electron chi connectivity index (χ0n) is 10.8. The van der Waals surface area contributed by atoms with Gasteiger partial charge in [0, 0.05) is 12.6 Å². The summed E-state index contributed by atoms with van der Waals surface area (Å²) in [5.41, 5.74) is 7.79. The molecule has 100 valence electrons. The van der Waals surface area contributed by atoms with E-state index in [-0.39, 0.29) is 6.04 Å². The van der Waals surface area contributed by atoms with Crippen LogP contribution in [0.1, 0.15) is 24.0 Å². The van der Waals surface area contributed by atoms with Gasteiger partial charge in [0.05, 0.1) is 4.90 Å². The predicted molar refractivity (Wildman–Crippen MR) is 71.8 cm³/mol. The van der Waals surface area contributed by atoms with Crippen LogP contribution < -0.4 is 10.5 Å². The summed E-state index contributed by atoms with van der Waals surface area (Å²) in [6.45, 7) is 4.10. The van der Waals surface area contributed by atoms with E-state index in [1.807, 2.05) is 19.9 Å². The molecule has 0 saturated heterocycles. The molecule has 0 bridgehead atoms. The molecule has 0 spiro atoms. The number of benzene rings is 1. The molecule has 18 heavy (non-hydrogen) atoms. The van der Waals surface area contributed by atoms with Crippen molar-refractivity contribution in [1.29, 1.82) is 0 Å². The molecule has 0 aliphatic heterocycles. The monoisotopic (exact) mass is 268 g/mol. The molecule has 0 aromatic heterocycles.